The molecule has 14 nitrogen and oxygen atoms in total. The Morgan fingerprint density at radius 1 is 1.28 bits per heavy atom. The number of esters is 1. The van der Waals surface area contributed by atoms with Gasteiger partial charge >= 0.3 is 13.7 Å². The van der Waals surface area contributed by atoms with Crippen molar-refractivity contribution in [3.63, 3.8) is 0 Å². The third-order valence-corrected chi connectivity index (χ3v) is 7.32. The number of anilines is 2. The lowest BCUT2D eigenvalue weighted by molar-refractivity contribution is -0.149. The Bertz CT molecular complexity index is 1350. The molecule has 6 atom stereocenters. The summed E-state index contributed by atoms with van der Waals surface area (Å²) in [4.78, 5) is 24.7. The molecule has 0 aliphatic carbocycles. The minimum atomic E-state index is -4.26. The molecule has 0 spiro atoms. The zero-order chi connectivity index (χ0) is 28.3. The molecule has 0 saturated carbocycles. The number of nitrogen functional groups attached to an aromatic ring is 1. The van der Waals surface area contributed by atoms with E-state index in [9.17, 15) is 14.5 Å². The van der Waals surface area contributed by atoms with Crippen LogP contribution in [0.5, 0.6) is 5.75 Å². The van der Waals surface area contributed by atoms with Gasteiger partial charge in [0.25, 0.3) is 0 Å². The maximum absolute atomic E-state index is 15.3. The Morgan fingerprint density at radius 3 is 2.67 bits per heavy atom. The molecule has 0 radical (unpaired) electrons. The van der Waals surface area contributed by atoms with Crippen molar-refractivity contribution in [1.29, 1.82) is 0 Å². The molecular formula is C23H31FN7O7P. The Morgan fingerprint density at radius 2 is 2.00 bits per heavy atom. The van der Waals surface area contributed by atoms with Gasteiger partial charge in [0.15, 0.2) is 29.4 Å². The minimum Gasteiger partial charge on any atom is -0.462 e. The van der Waals surface area contributed by atoms with Crippen molar-refractivity contribution in [3.8, 4) is 5.75 Å². The van der Waals surface area contributed by atoms with Crippen LogP contribution in [0.3, 0.4) is 0 Å². The molecule has 1 aliphatic heterocycles. The van der Waals surface area contributed by atoms with Crippen LogP contribution in [0.15, 0.2) is 36.7 Å². The first kappa shape index (κ1) is 28.6. The van der Waals surface area contributed by atoms with Gasteiger partial charge in [-0.25, -0.2) is 13.9 Å². The van der Waals surface area contributed by atoms with E-state index in [-0.39, 0.29) is 17.3 Å². The molecule has 0 amide bonds. The number of ether oxygens (including phenoxy) is 2. The van der Waals surface area contributed by atoms with Crippen LogP contribution in [0.4, 0.5) is 16.2 Å². The number of rotatable bonds is 11. The Labute approximate surface area is 223 Å². The van der Waals surface area contributed by atoms with Gasteiger partial charge in [-0.15, -0.1) is 0 Å². The summed E-state index contributed by atoms with van der Waals surface area (Å²) in [6.45, 7) is 4.23. The van der Waals surface area contributed by atoms with Crippen LogP contribution in [0.25, 0.3) is 11.2 Å². The Hall–Kier alpha value is -3.36. The molecule has 212 valence electrons. The molecule has 5 N–H and O–H groups in total. The number of hydrogen-bond donors (Lipinski definition) is 4. The summed E-state index contributed by atoms with van der Waals surface area (Å²) in [7, 11) is -2.64. The summed E-state index contributed by atoms with van der Waals surface area (Å²) in [6.07, 6.45) is -5.31. The van der Waals surface area contributed by atoms with Crippen LogP contribution in [-0.2, 0) is 23.4 Å². The molecule has 16 heteroatoms. The van der Waals surface area contributed by atoms with Crippen LogP contribution in [0.1, 0.15) is 27.0 Å². The fraction of sp³-hybridized carbons (Fsp3) is 0.478. The summed E-state index contributed by atoms with van der Waals surface area (Å²) in [6, 6.07) is 7.05. The molecular weight excluding hydrogens is 536 g/mol. The number of para-hydroxylation sites is 1. The zero-order valence-electron chi connectivity index (χ0n) is 21.7. The van der Waals surface area contributed by atoms with Crippen LogP contribution in [0.2, 0.25) is 0 Å². The van der Waals surface area contributed by atoms with Crippen molar-refractivity contribution in [2.24, 2.45) is 0 Å². The summed E-state index contributed by atoms with van der Waals surface area (Å²) in [5.74, 6) is -0.229. The molecule has 0 bridgehead atoms. The third kappa shape index (κ3) is 6.45. The van der Waals surface area contributed by atoms with E-state index in [0.29, 0.717) is 11.3 Å². The predicted molar refractivity (Wildman–Crippen MR) is 139 cm³/mol. The van der Waals surface area contributed by atoms with E-state index in [4.69, 9.17) is 24.3 Å². The Kier molecular flexibility index (Phi) is 8.67. The number of aliphatic hydroxyl groups excluding tert-OH is 1. The van der Waals surface area contributed by atoms with E-state index in [2.05, 4.69) is 25.4 Å². The van der Waals surface area contributed by atoms with Gasteiger partial charge < -0.3 is 30.2 Å². The molecule has 1 aromatic carbocycles. The fourth-order valence-electron chi connectivity index (χ4n) is 3.87. The number of aromatic nitrogens is 4. The van der Waals surface area contributed by atoms with Crippen LogP contribution >= 0.6 is 7.75 Å². The number of imidazole rings is 1. The number of nitrogens with zero attached hydrogens (tertiary/aromatic N) is 4. The molecule has 1 saturated heterocycles. The van der Waals surface area contributed by atoms with Crippen molar-refractivity contribution in [1.82, 2.24) is 24.6 Å². The number of alkyl halides is 1. The van der Waals surface area contributed by atoms with E-state index in [1.54, 1.807) is 51.2 Å². The van der Waals surface area contributed by atoms with Crippen LogP contribution in [0, 0.1) is 0 Å². The summed E-state index contributed by atoms with van der Waals surface area (Å²) in [5, 5.41) is 16.0. The fourth-order valence-corrected chi connectivity index (χ4v) is 5.37. The average Bonchev–Trinajstić information content (AvgIpc) is 3.42. The highest BCUT2D eigenvalue weighted by atomic mass is 31.2. The number of nitrogens with one attached hydrogen (secondary N) is 2. The first-order valence-corrected chi connectivity index (χ1v) is 13.7. The van der Waals surface area contributed by atoms with Gasteiger partial charge in [0, 0.05) is 7.05 Å². The van der Waals surface area contributed by atoms with Crippen molar-refractivity contribution in [3.05, 3.63) is 36.7 Å². The Balaban J connectivity index is 1.52. The van der Waals surface area contributed by atoms with Gasteiger partial charge in [-0.1, -0.05) is 18.2 Å². The topological polar surface area (TPSA) is 185 Å². The smallest absolute Gasteiger partial charge is 0.459 e. The summed E-state index contributed by atoms with van der Waals surface area (Å²) < 4.78 is 52.3. The number of benzene rings is 1. The number of nitrogens with two attached hydrogens (primary N) is 1. The van der Waals surface area contributed by atoms with E-state index >= 15 is 4.39 Å². The summed E-state index contributed by atoms with van der Waals surface area (Å²) in [5.41, 5.74) is 6.28. The number of halogens is 1. The SMILES string of the molecule is CNc1nc(N)nc2c1ncn2[C@@H]1O[C@H](CO[P@@](=O)(N[C@H](C)C(=O)OC(C)C)Oc2ccccc2)[C@@H](O)[C@H]1F. The largest absolute Gasteiger partial charge is 0.462 e. The predicted octanol–water partition coefficient (Wildman–Crippen LogP) is 2.18. The third-order valence-electron chi connectivity index (χ3n) is 5.68. The molecule has 1 fully saturated rings. The van der Waals surface area contributed by atoms with Crippen molar-refractivity contribution < 1.29 is 37.4 Å². The molecule has 3 heterocycles. The molecule has 1 aliphatic rings. The quantitative estimate of drug-likeness (QED) is 0.195. The van der Waals surface area contributed by atoms with E-state index < -0.39 is 57.1 Å². The maximum atomic E-state index is 15.3. The van der Waals surface area contributed by atoms with Gasteiger partial charge in [0.1, 0.15) is 24.0 Å². The number of carbonyl (C=O) groups excluding carboxylic acids is 1. The normalized spacial score (nSPS) is 23.5. The van der Waals surface area contributed by atoms with Crippen molar-refractivity contribution in [2.45, 2.75) is 57.5 Å². The van der Waals surface area contributed by atoms with Gasteiger partial charge in [-0.2, -0.15) is 15.1 Å². The van der Waals surface area contributed by atoms with E-state index in [1.165, 1.54) is 17.8 Å². The molecule has 0 unspecified atom stereocenters. The lowest BCUT2D eigenvalue weighted by Gasteiger charge is -2.25. The number of hydrogen-bond acceptors (Lipinski definition) is 12. The number of fused-ring (bicyclic) bond motifs is 1. The first-order valence-electron chi connectivity index (χ1n) is 12.1. The van der Waals surface area contributed by atoms with Gasteiger partial charge in [0.05, 0.1) is 19.0 Å². The number of aliphatic hydroxyl groups is 1. The van der Waals surface area contributed by atoms with Crippen molar-refractivity contribution in [2.75, 3.05) is 24.7 Å². The molecule has 4 rings (SSSR count). The molecule has 2 aromatic heterocycles. The minimum absolute atomic E-state index is 0.0716. The lowest BCUT2D eigenvalue weighted by Crippen LogP contribution is -2.37. The highest BCUT2D eigenvalue weighted by molar-refractivity contribution is 7.52. The summed E-state index contributed by atoms with van der Waals surface area (Å²) >= 11 is 0. The van der Waals surface area contributed by atoms with Gasteiger partial charge in [-0.3, -0.25) is 13.9 Å². The van der Waals surface area contributed by atoms with Crippen LogP contribution < -0.4 is 20.7 Å². The lowest BCUT2D eigenvalue weighted by atomic mass is 10.1. The van der Waals surface area contributed by atoms with Crippen molar-refractivity contribution >= 4 is 36.6 Å². The standard InChI is InChI=1S/C23H31FN7O7P/c1-12(2)36-22(33)13(3)30-39(34,38-14-8-6-5-7-9-14)35-10-15-18(32)16(24)21(37-15)31-11-27-17-19(26-4)28-23(25)29-20(17)31/h5-9,11-13,15-16,18,21,32H,10H2,1-4H3,(H,30,34)(H3,25,26,28,29)/t13-,15-,16-,18-,21-,39+/m1/s1. The second-order valence-electron chi connectivity index (χ2n) is 9.04. The highest BCUT2D eigenvalue weighted by Crippen LogP contribution is 2.46. The monoisotopic (exact) mass is 567 g/mol. The molecule has 3 aromatic rings. The average molecular weight is 568 g/mol. The molecule has 39 heavy (non-hydrogen) atoms. The number of carbonyl (C=O) groups is 1. The first-order chi connectivity index (χ1) is 18.5. The second kappa shape index (κ2) is 11.8. The van der Waals surface area contributed by atoms with Gasteiger partial charge in [0.2, 0.25) is 5.95 Å². The highest BCUT2D eigenvalue weighted by Gasteiger charge is 2.47. The van der Waals surface area contributed by atoms with Crippen LogP contribution in [-0.4, -0.2) is 74.8 Å². The maximum Gasteiger partial charge on any atom is 0.459 e. The van der Waals surface area contributed by atoms with Gasteiger partial charge in [-0.05, 0) is 32.9 Å². The second-order valence-corrected chi connectivity index (χ2v) is 10.7. The van der Waals surface area contributed by atoms with E-state index in [0.717, 1.165) is 0 Å². The van der Waals surface area contributed by atoms with E-state index in [1.807, 2.05) is 0 Å². The zero-order valence-corrected chi connectivity index (χ0v) is 22.6.